The van der Waals surface area contributed by atoms with Crippen LogP contribution in [0.15, 0.2) is 54.6 Å². The fourth-order valence-electron chi connectivity index (χ4n) is 2.54. The van der Waals surface area contributed by atoms with Gasteiger partial charge >= 0.3 is 0 Å². The molecule has 0 amide bonds. The topological polar surface area (TPSA) is 40.2 Å². The Labute approximate surface area is 143 Å². The van der Waals surface area contributed by atoms with Gasteiger partial charge in [0.15, 0.2) is 0 Å². The highest BCUT2D eigenvalue weighted by molar-refractivity contribution is 5.26. The van der Waals surface area contributed by atoms with Gasteiger partial charge in [-0.3, -0.25) is 0 Å². The van der Waals surface area contributed by atoms with Crippen molar-refractivity contribution in [1.29, 1.82) is 0 Å². The summed E-state index contributed by atoms with van der Waals surface area (Å²) in [6.45, 7) is 2.67. The molecule has 0 unspecified atom stereocenters. The fourth-order valence-corrected chi connectivity index (χ4v) is 2.54. The molecule has 0 aromatic heterocycles. The van der Waals surface area contributed by atoms with Crippen LogP contribution in [-0.4, -0.2) is 32.5 Å². The SMILES string of the molecule is COc1ccc(CO[C@@H](CCOCc2ccccc2)[C@@H]2CO2)cc1. The van der Waals surface area contributed by atoms with Gasteiger partial charge in [-0.2, -0.15) is 0 Å². The molecule has 1 heterocycles. The van der Waals surface area contributed by atoms with Crippen LogP contribution in [0.3, 0.4) is 0 Å². The number of benzene rings is 2. The third kappa shape index (κ3) is 5.34. The molecule has 1 aliphatic heterocycles. The predicted octanol–water partition coefficient (Wildman–Crippen LogP) is 3.59. The summed E-state index contributed by atoms with van der Waals surface area (Å²) in [4.78, 5) is 0. The molecule has 24 heavy (non-hydrogen) atoms. The zero-order valence-corrected chi connectivity index (χ0v) is 14.0. The monoisotopic (exact) mass is 328 g/mol. The molecule has 0 N–H and O–H groups in total. The van der Waals surface area contributed by atoms with Gasteiger partial charge in [0, 0.05) is 6.61 Å². The van der Waals surface area contributed by atoms with Crippen molar-refractivity contribution in [1.82, 2.24) is 0 Å². The van der Waals surface area contributed by atoms with Gasteiger partial charge < -0.3 is 18.9 Å². The summed E-state index contributed by atoms with van der Waals surface area (Å²) in [7, 11) is 1.67. The van der Waals surface area contributed by atoms with E-state index in [9.17, 15) is 0 Å². The average molecular weight is 328 g/mol. The lowest BCUT2D eigenvalue weighted by Crippen LogP contribution is -2.22. The molecule has 4 nitrogen and oxygen atoms in total. The Bertz CT molecular complexity index is 593. The van der Waals surface area contributed by atoms with E-state index in [0.29, 0.717) is 19.8 Å². The Kier molecular flexibility index (Phi) is 6.24. The van der Waals surface area contributed by atoms with Crippen LogP contribution in [0.5, 0.6) is 5.75 Å². The number of hydrogen-bond acceptors (Lipinski definition) is 4. The third-order valence-corrected chi connectivity index (χ3v) is 4.06. The average Bonchev–Trinajstić information content (AvgIpc) is 3.47. The van der Waals surface area contributed by atoms with E-state index in [-0.39, 0.29) is 12.2 Å². The molecule has 128 valence electrons. The molecule has 2 aromatic rings. The molecule has 1 saturated heterocycles. The van der Waals surface area contributed by atoms with Crippen molar-refractivity contribution in [2.45, 2.75) is 31.8 Å². The van der Waals surface area contributed by atoms with Crippen LogP contribution in [0.2, 0.25) is 0 Å². The van der Waals surface area contributed by atoms with Crippen LogP contribution in [0.1, 0.15) is 17.5 Å². The van der Waals surface area contributed by atoms with E-state index in [0.717, 1.165) is 24.3 Å². The van der Waals surface area contributed by atoms with Crippen LogP contribution in [-0.2, 0) is 27.4 Å². The molecule has 1 fully saturated rings. The van der Waals surface area contributed by atoms with Crippen molar-refractivity contribution < 1.29 is 18.9 Å². The number of hydrogen-bond donors (Lipinski definition) is 0. The Morgan fingerprint density at radius 2 is 1.71 bits per heavy atom. The Hall–Kier alpha value is -1.88. The second-order valence-corrected chi connectivity index (χ2v) is 5.90. The zero-order chi connectivity index (χ0) is 16.6. The maximum atomic E-state index is 6.03. The molecular formula is C20H24O4. The first-order chi connectivity index (χ1) is 11.8. The Morgan fingerprint density at radius 1 is 1.00 bits per heavy atom. The Balaban J connectivity index is 1.39. The largest absolute Gasteiger partial charge is 0.497 e. The van der Waals surface area contributed by atoms with Gasteiger partial charge in [0.2, 0.25) is 0 Å². The molecule has 2 atom stereocenters. The molecule has 0 radical (unpaired) electrons. The van der Waals surface area contributed by atoms with Gasteiger partial charge in [0.25, 0.3) is 0 Å². The Morgan fingerprint density at radius 3 is 2.38 bits per heavy atom. The number of methoxy groups -OCH3 is 1. The standard InChI is InChI=1S/C20H24O4/c1-21-18-9-7-17(8-10-18)14-23-19(20-15-24-20)11-12-22-13-16-5-3-2-4-6-16/h2-10,19-20H,11-15H2,1H3/t19-,20-/m0/s1. The van der Waals surface area contributed by atoms with Gasteiger partial charge in [0.05, 0.1) is 33.0 Å². The molecule has 0 spiro atoms. The molecule has 4 heteroatoms. The van der Waals surface area contributed by atoms with Gasteiger partial charge in [0.1, 0.15) is 11.9 Å². The van der Waals surface area contributed by atoms with E-state index >= 15 is 0 Å². The summed E-state index contributed by atoms with van der Waals surface area (Å²) in [6, 6.07) is 18.1. The highest BCUT2D eigenvalue weighted by Crippen LogP contribution is 2.22. The summed E-state index contributed by atoms with van der Waals surface area (Å²) in [5.74, 6) is 0.857. The highest BCUT2D eigenvalue weighted by Gasteiger charge is 2.33. The number of epoxide rings is 1. The van der Waals surface area contributed by atoms with E-state index in [1.54, 1.807) is 7.11 Å². The molecule has 0 saturated carbocycles. The zero-order valence-electron chi connectivity index (χ0n) is 14.0. The number of ether oxygens (including phenoxy) is 4. The first kappa shape index (κ1) is 17.0. The van der Waals surface area contributed by atoms with Gasteiger partial charge in [-0.1, -0.05) is 42.5 Å². The van der Waals surface area contributed by atoms with Crippen molar-refractivity contribution in [3.63, 3.8) is 0 Å². The molecule has 2 aromatic carbocycles. The third-order valence-electron chi connectivity index (χ3n) is 4.06. The van der Waals surface area contributed by atoms with E-state index in [1.165, 1.54) is 5.56 Å². The maximum absolute atomic E-state index is 6.03. The fraction of sp³-hybridized carbons (Fsp3) is 0.400. The molecule has 1 aliphatic rings. The highest BCUT2D eigenvalue weighted by atomic mass is 16.6. The van der Waals surface area contributed by atoms with E-state index in [4.69, 9.17) is 18.9 Å². The summed E-state index contributed by atoms with van der Waals surface area (Å²) >= 11 is 0. The van der Waals surface area contributed by atoms with Crippen LogP contribution >= 0.6 is 0 Å². The lowest BCUT2D eigenvalue weighted by Gasteiger charge is -2.16. The number of rotatable bonds is 10. The van der Waals surface area contributed by atoms with Crippen molar-refractivity contribution in [2.75, 3.05) is 20.3 Å². The second kappa shape index (κ2) is 8.83. The van der Waals surface area contributed by atoms with Crippen molar-refractivity contribution >= 4 is 0 Å². The minimum Gasteiger partial charge on any atom is -0.497 e. The van der Waals surface area contributed by atoms with Gasteiger partial charge in [-0.15, -0.1) is 0 Å². The quantitative estimate of drug-likeness (QED) is 0.494. The van der Waals surface area contributed by atoms with E-state index in [2.05, 4.69) is 12.1 Å². The van der Waals surface area contributed by atoms with Gasteiger partial charge in [-0.25, -0.2) is 0 Å². The lowest BCUT2D eigenvalue weighted by atomic mass is 10.2. The van der Waals surface area contributed by atoms with Crippen LogP contribution in [0.25, 0.3) is 0 Å². The van der Waals surface area contributed by atoms with Crippen molar-refractivity contribution in [3.05, 3.63) is 65.7 Å². The van der Waals surface area contributed by atoms with Gasteiger partial charge in [-0.05, 0) is 29.7 Å². The molecule has 0 bridgehead atoms. The predicted molar refractivity (Wildman–Crippen MR) is 92.0 cm³/mol. The first-order valence-electron chi connectivity index (χ1n) is 8.33. The summed E-state index contributed by atoms with van der Waals surface area (Å²) in [6.07, 6.45) is 1.14. The van der Waals surface area contributed by atoms with Crippen LogP contribution in [0, 0.1) is 0 Å². The van der Waals surface area contributed by atoms with Crippen molar-refractivity contribution in [3.8, 4) is 5.75 Å². The van der Waals surface area contributed by atoms with Crippen LogP contribution < -0.4 is 4.74 Å². The maximum Gasteiger partial charge on any atom is 0.118 e. The first-order valence-corrected chi connectivity index (χ1v) is 8.33. The molecular weight excluding hydrogens is 304 g/mol. The summed E-state index contributed by atoms with van der Waals surface area (Å²) in [5.41, 5.74) is 2.32. The minimum absolute atomic E-state index is 0.0860. The van der Waals surface area contributed by atoms with E-state index < -0.39 is 0 Å². The van der Waals surface area contributed by atoms with Crippen LogP contribution in [0.4, 0.5) is 0 Å². The lowest BCUT2D eigenvalue weighted by molar-refractivity contribution is -0.00582. The van der Waals surface area contributed by atoms with E-state index in [1.807, 2.05) is 42.5 Å². The van der Waals surface area contributed by atoms with Crippen molar-refractivity contribution in [2.24, 2.45) is 0 Å². The smallest absolute Gasteiger partial charge is 0.118 e. The minimum atomic E-state index is 0.0860. The second-order valence-electron chi connectivity index (χ2n) is 5.90. The molecule has 0 aliphatic carbocycles. The normalized spacial score (nSPS) is 17.5. The molecule has 3 rings (SSSR count). The summed E-state index contributed by atoms with van der Waals surface area (Å²) < 4.78 is 22.4. The summed E-state index contributed by atoms with van der Waals surface area (Å²) in [5, 5.41) is 0.